The van der Waals surface area contributed by atoms with Crippen molar-refractivity contribution < 1.29 is 13.2 Å². The fourth-order valence-electron chi connectivity index (χ4n) is 2.93. The Balaban J connectivity index is 1.62. The number of benzene rings is 2. The number of sulfone groups is 1. The molecule has 0 unspecified atom stereocenters. The second kappa shape index (κ2) is 5.64. The highest BCUT2D eigenvalue weighted by Gasteiger charge is 2.51. The van der Waals surface area contributed by atoms with Crippen LogP contribution in [0.25, 0.3) is 10.2 Å². The van der Waals surface area contributed by atoms with E-state index in [1.165, 1.54) is 23.7 Å². The fraction of sp³-hybridized carbons (Fsp3) is 0.222. The van der Waals surface area contributed by atoms with Crippen LogP contribution in [-0.4, -0.2) is 25.6 Å². The van der Waals surface area contributed by atoms with Crippen LogP contribution in [0.5, 0.6) is 0 Å². The van der Waals surface area contributed by atoms with Crippen molar-refractivity contribution in [1.29, 1.82) is 0 Å². The zero-order valence-electron chi connectivity index (χ0n) is 13.5. The van der Waals surface area contributed by atoms with E-state index in [1.807, 2.05) is 30.3 Å². The maximum absolute atomic E-state index is 12.8. The van der Waals surface area contributed by atoms with E-state index in [0.29, 0.717) is 10.6 Å². The van der Waals surface area contributed by atoms with Gasteiger partial charge in [0.25, 0.3) is 0 Å². The van der Waals surface area contributed by atoms with Crippen LogP contribution in [0.3, 0.4) is 0 Å². The molecule has 7 heteroatoms. The summed E-state index contributed by atoms with van der Waals surface area (Å²) in [6.07, 6.45) is 2.83. The van der Waals surface area contributed by atoms with Gasteiger partial charge in [0.15, 0.2) is 15.0 Å². The standard InChI is InChI=1S/C18H16N2O3S2/c1-25(22,23)13-7-8-14-15(11-13)24-17(19-14)20-16(21)18(9-10-18)12-5-3-2-4-6-12/h2-8,11H,9-10H2,1H3,(H,19,20,21). The molecule has 0 spiro atoms. The molecule has 2 aromatic carbocycles. The summed E-state index contributed by atoms with van der Waals surface area (Å²) < 4.78 is 24.1. The molecule has 1 amide bonds. The Kier molecular flexibility index (Phi) is 3.66. The lowest BCUT2D eigenvalue weighted by molar-refractivity contribution is -0.118. The van der Waals surface area contributed by atoms with Gasteiger partial charge in [0.05, 0.1) is 20.5 Å². The van der Waals surface area contributed by atoms with E-state index in [-0.39, 0.29) is 10.8 Å². The van der Waals surface area contributed by atoms with Crippen molar-refractivity contribution in [3.8, 4) is 0 Å². The zero-order chi connectivity index (χ0) is 17.7. The Morgan fingerprint density at radius 2 is 1.88 bits per heavy atom. The normalized spacial score (nSPS) is 15.9. The van der Waals surface area contributed by atoms with Crippen molar-refractivity contribution in [2.45, 2.75) is 23.2 Å². The number of hydrogen-bond donors (Lipinski definition) is 1. The third-order valence-electron chi connectivity index (χ3n) is 4.52. The number of nitrogens with one attached hydrogen (secondary N) is 1. The summed E-state index contributed by atoms with van der Waals surface area (Å²) in [7, 11) is -3.27. The molecule has 128 valence electrons. The van der Waals surface area contributed by atoms with Crippen molar-refractivity contribution in [3.05, 3.63) is 54.1 Å². The molecule has 0 saturated heterocycles. The summed E-state index contributed by atoms with van der Waals surface area (Å²) in [6, 6.07) is 14.6. The molecule has 1 saturated carbocycles. The lowest BCUT2D eigenvalue weighted by atomic mass is 9.95. The third kappa shape index (κ3) is 2.94. The molecule has 1 aromatic heterocycles. The minimum atomic E-state index is -3.27. The van der Waals surface area contributed by atoms with Crippen molar-refractivity contribution in [2.75, 3.05) is 11.6 Å². The highest BCUT2D eigenvalue weighted by molar-refractivity contribution is 7.90. The second-order valence-corrected chi connectivity index (χ2v) is 9.37. The van der Waals surface area contributed by atoms with Crippen LogP contribution < -0.4 is 5.32 Å². The van der Waals surface area contributed by atoms with Crippen LogP contribution >= 0.6 is 11.3 Å². The average Bonchev–Trinajstić information content (AvgIpc) is 3.29. The average molecular weight is 372 g/mol. The zero-order valence-corrected chi connectivity index (χ0v) is 15.2. The molecule has 1 aliphatic rings. The summed E-state index contributed by atoms with van der Waals surface area (Å²) in [5.41, 5.74) is 1.24. The van der Waals surface area contributed by atoms with E-state index in [1.54, 1.807) is 12.1 Å². The monoisotopic (exact) mass is 372 g/mol. The van der Waals surface area contributed by atoms with Crippen LogP contribution in [0.15, 0.2) is 53.4 Å². The number of aromatic nitrogens is 1. The van der Waals surface area contributed by atoms with Crippen LogP contribution in [0.1, 0.15) is 18.4 Å². The van der Waals surface area contributed by atoms with Gasteiger partial charge in [0.2, 0.25) is 5.91 Å². The number of anilines is 1. The number of hydrogen-bond acceptors (Lipinski definition) is 5. The van der Waals surface area contributed by atoms with Crippen molar-refractivity contribution in [2.24, 2.45) is 0 Å². The van der Waals surface area contributed by atoms with Crippen molar-refractivity contribution in [1.82, 2.24) is 4.98 Å². The van der Waals surface area contributed by atoms with E-state index in [0.717, 1.165) is 23.1 Å². The first kappa shape index (κ1) is 16.2. The highest BCUT2D eigenvalue weighted by atomic mass is 32.2. The molecule has 1 N–H and O–H groups in total. The Morgan fingerprint density at radius 1 is 1.16 bits per heavy atom. The molecule has 5 nitrogen and oxygen atoms in total. The molecule has 0 atom stereocenters. The first-order chi connectivity index (χ1) is 11.9. The molecule has 25 heavy (non-hydrogen) atoms. The molecule has 1 aliphatic carbocycles. The van der Waals surface area contributed by atoms with E-state index in [4.69, 9.17) is 0 Å². The van der Waals surface area contributed by atoms with Gasteiger partial charge in [0, 0.05) is 6.26 Å². The van der Waals surface area contributed by atoms with Gasteiger partial charge in [-0.05, 0) is 36.6 Å². The van der Waals surface area contributed by atoms with E-state index in [9.17, 15) is 13.2 Å². The van der Waals surface area contributed by atoms with Gasteiger partial charge in [-0.25, -0.2) is 13.4 Å². The molecular weight excluding hydrogens is 356 g/mol. The number of rotatable bonds is 4. The summed E-state index contributed by atoms with van der Waals surface area (Å²) in [5.74, 6) is -0.0545. The maximum Gasteiger partial charge on any atom is 0.236 e. The Hall–Kier alpha value is -2.25. The predicted octanol–water partition coefficient (Wildman–Crippen LogP) is 3.37. The Bertz CT molecular complexity index is 1070. The lowest BCUT2D eigenvalue weighted by Crippen LogP contribution is -2.27. The van der Waals surface area contributed by atoms with Gasteiger partial charge in [-0.15, -0.1) is 0 Å². The molecule has 0 bridgehead atoms. The number of carbonyl (C=O) groups excluding carboxylic acids is 1. The van der Waals surface area contributed by atoms with E-state index < -0.39 is 15.3 Å². The van der Waals surface area contributed by atoms with Crippen LogP contribution in [0, 0.1) is 0 Å². The largest absolute Gasteiger partial charge is 0.301 e. The fourth-order valence-corrected chi connectivity index (χ4v) is 4.56. The molecule has 1 heterocycles. The smallest absolute Gasteiger partial charge is 0.236 e. The van der Waals surface area contributed by atoms with Gasteiger partial charge >= 0.3 is 0 Å². The molecule has 3 aromatic rings. The maximum atomic E-state index is 12.8. The first-order valence-corrected chi connectivity index (χ1v) is 10.6. The number of carbonyl (C=O) groups is 1. The SMILES string of the molecule is CS(=O)(=O)c1ccc2nc(NC(=O)C3(c4ccccc4)CC3)sc2c1. The van der Waals surface area contributed by atoms with Gasteiger partial charge < -0.3 is 5.32 Å². The van der Waals surface area contributed by atoms with Crippen LogP contribution in [0.4, 0.5) is 5.13 Å². The van der Waals surface area contributed by atoms with Crippen molar-refractivity contribution >= 4 is 42.4 Å². The quantitative estimate of drug-likeness (QED) is 0.762. The first-order valence-electron chi connectivity index (χ1n) is 7.86. The Labute approximate surface area is 149 Å². The van der Waals surface area contributed by atoms with Crippen molar-refractivity contribution in [3.63, 3.8) is 0 Å². The van der Waals surface area contributed by atoms with Gasteiger partial charge in [0.1, 0.15) is 0 Å². The van der Waals surface area contributed by atoms with E-state index in [2.05, 4.69) is 10.3 Å². The van der Waals surface area contributed by atoms with Crippen LogP contribution in [0.2, 0.25) is 0 Å². The predicted molar refractivity (Wildman–Crippen MR) is 98.7 cm³/mol. The summed E-state index contributed by atoms with van der Waals surface area (Å²) in [6.45, 7) is 0. The number of thiazole rings is 1. The molecule has 0 radical (unpaired) electrons. The van der Waals surface area contributed by atoms with Gasteiger partial charge in [-0.2, -0.15) is 0 Å². The lowest BCUT2D eigenvalue weighted by Gasteiger charge is -2.14. The number of amides is 1. The van der Waals surface area contributed by atoms with Gasteiger partial charge in [-0.3, -0.25) is 4.79 Å². The molecular formula is C18H16N2O3S2. The molecule has 0 aliphatic heterocycles. The summed E-state index contributed by atoms with van der Waals surface area (Å²) in [5, 5.41) is 3.40. The molecule has 4 rings (SSSR count). The second-order valence-electron chi connectivity index (χ2n) is 6.32. The summed E-state index contributed by atoms with van der Waals surface area (Å²) in [4.78, 5) is 17.4. The highest BCUT2D eigenvalue weighted by Crippen LogP contribution is 2.49. The minimum Gasteiger partial charge on any atom is -0.301 e. The van der Waals surface area contributed by atoms with Crippen LogP contribution in [-0.2, 0) is 20.0 Å². The van der Waals surface area contributed by atoms with E-state index >= 15 is 0 Å². The number of nitrogens with zero attached hydrogens (tertiary/aromatic N) is 1. The minimum absolute atomic E-state index is 0.0545. The Morgan fingerprint density at radius 3 is 2.52 bits per heavy atom. The number of fused-ring (bicyclic) bond motifs is 1. The topological polar surface area (TPSA) is 76.1 Å². The summed E-state index contributed by atoms with van der Waals surface area (Å²) >= 11 is 1.29. The third-order valence-corrected chi connectivity index (χ3v) is 6.56. The van der Waals surface area contributed by atoms with Gasteiger partial charge in [-0.1, -0.05) is 41.7 Å². The molecule has 1 fully saturated rings.